The standard InChI is InChI=1S/C19H26N4O3/c1-13-12-15(2-3-16(13)23-17(24)4-5-18(23)25)22-19(26)21-11-8-14-6-9-20-10-7-14/h2-3,12,14,20H,4-11H2,1H3,(H2,21,22,26). The normalized spacial score (nSPS) is 18.3. The van der Waals surface area contributed by atoms with E-state index in [9.17, 15) is 14.4 Å². The fourth-order valence-corrected chi connectivity index (χ4v) is 3.56. The van der Waals surface area contributed by atoms with Gasteiger partial charge in [-0.05, 0) is 69.0 Å². The highest BCUT2D eigenvalue weighted by molar-refractivity contribution is 6.20. The number of rotatable bonds is 5. The fraction of sp³-hybridized carbons (Fsp3) is 0.526. The van der Waals surface area contributed by atoms with Crippen LogP contribution in [0.5, 0.6) is 0 Å². The van der Waals surface area contributed by atoms with Crippen LogP contribution in [0.4, 0.5) is 16.2 Å². The van der Waals surface area contributed by atoms with Crippen molar-refractivity contribution in [1.29, 1.82) is 0 Å². The lowest BCUT2D eigenvalue weighted by Gasteiger charge is -2.22. The Bertz CT molecular complexity index is 682. The van der Waals surface area contributed by atoms with Crippen molar-refractivity contribution in [2.24, 2.45) is 5.92 Å². The summed E-state index contributed by atoms with van der Waals surface area (Å²) in [6.45, 7) is 4.60. The number of urea groups is 1. The van der Waals surface area contributed by atoms with E-state index < -0.39 is 0 Å². The van der Waals surface area contributed by atoms with Crippen LogP contribution in [-0.4, -0.2) is 37.5 Å². The van der Waals surface area contributed by atoms with Gasteiger partial charge in [0.25, 0.3) is 0 Å². The summed E-state index contributed by atoms with van der Waals surface area (Å²) < 4.78 is 0. The number of nitrogens with one attached hydrogen (secondary N) is 3. The van der Waals surface area contributed by atoms with Gasteiger partial charge in [-0.3, -0.25) is 14.5 Å². The molecule has 0 spiro atoms. The Labute approximate surface area is 153 Å². The average molecular weight is 358 g/mol. The second-order valence-corrected chi connectivity index (χ2v) is 6.99. The SMILES string of the molecule is Cc1cc(NC(=O)NCCC2CCNCC2)ccc1N1C(=O)CCC1=O. The first-order valence-corrected chi connectivity index (χ1v) is 9.26. The molecule has 26 heavy (non-hydrogen) atoms. The fourth-order valence-electron chi connectivity index (χ4n) is 3.56. The van der Waals surface area contributed by atoms with E-state index in [1.165, 1.54) is 4.90 Å². The third kappa shape index (κ3) is 4.40. The molecule has 2 aliphatic rings. The zero-order valence-corrected chi connectivity index (χ0v) is 15.1. The minimum absolute atomic E-state index is 0.172. The third-order valence-electron chi connectivity index (χ3n) is 5.04. The molecule has 7 heteroatoms. The molecule has 0 atom stereocenters. The van der Waals surface area contributed by atoms with E-state index in [-0.39, 0.29) is 30.7 Å². The monoisotopic (exact) mass is 358 g/mol. The lowest BCUT2D eigenvalue weighted by atomic mass is 9.95. The maximum Gasteiger partial charge on any atom is 0.319 e. The number of anilines is 2. The Balaban J connectivity index is 1.51. The van der Waals surface area contributed by atoms with Crippen molar-refractivity contribution in [3.05, 3.63) is 23.8 Å². The maximum absolute atomic E-state index is 12.1. The van der Waals surface area contributed by atoms with E-state index in [2.05, 4.69) is 16.0 Å². The minimum Gasteiger partial charge on any atom is -0.338 e. The van der Waals surface area contributed by atoms with Gasteiger partial charge in [-0.15, -0.1) is 0 Å². The van der Waals surface area contributed by atoms with Gasteiger partial charge in [0, 0.05) is 25.1 Å². The molecule has 0 unspecified atom stereocenters. The first-order chi connectivity index (χ1) is 12.5. The molecule has 0 aromatic heterocycles. The number of piperidine rings is 1. The zero-order valence-electron chi connectivity index (χ0n) is 15.1. The molecule has 3 rings (SSSR count). The molecule has 0 saturated carbocycles. The second kappa shape index (κ2) is 8.31. The van der Waals surface area contributed by atoms with E-state index in [0.29, 0.717) is 23.8 Å². The number of nitrogens with zero attached hydrogens (tertiary/aromatic N) is 1. The first-order valence-electron chi connectivity index (χ1n) is 9.26. The molecule has 7 nitrogen and oxygen atoms in total. The van der Waals surface area contributed by atoms with Crippen molar-refractivity contribution in [2.75, 3.05) is 29.9 Å². The Morgan fingerprint density at radius 1 is 1.19 bits per heavy atom. The van der Waals surface area contributed by atoms with Crippen LogP contribution in [0.1, 0.15) is 37.7 Å². The van der Waals surface area contributed by atoms with E-state index >= 15 is 0 Å². The Morgan fingerprint density at radius 3 is 2.54 bits per heavy atom. The summed E-state index contributed by atoms with van der Waals surface area (Å²) in [7, 11) is 0. The Hall–Kier alpha value is -2.41. The van der Waals surface area contributed by atoms with Crippen molar-refractivity contribution in [2.45, 2.75) is 39.0 Å². The summed E-state index contributed by atoms with van der Waals surface area (Å²) in [6, 6.07) is 4.97. The van der Waals surface area contributed by atoms with Gasteiger partial charge in [0.15, 0.2) is 0 Å². The smallest absolute Gasteiger partial charge is 0.319 e. The van der Waals surface area contributed by atoms with E-state index in [1.807, 2.05) is 6.92 Å². The predicted molar refractivity (Wildman–Crippen MR) is 100 cm³/mol. The van der Waals surface area contributed by atoms with Crippen molar-refractivity contribution < 1.29 is 14.4 Å². The molecule has 4 amide bonds. The number of amides is 4. The molecule has 0 bridgehead atoms. The minimum atomic E-state index is -0.237. The zero-order chi connectivity index (χ0) is 18.5. The Kier molecular flexibility index (Phi) is 5.88. The van der Waals surface area contributed by atoms with Gasteiger partial charge >= 0.3 is 6.03 Å². The van der Waals surface area contributed by atoms with Crippen molar-refractivity contribution in [3.8, 4) is 0 Å². The molecular weight excluding hydrogens is 332 g/mol. The summed E-state index contributed by atoms with van der Waals surface area (Å²) in [5, 5.41) is 9.04. The van der Waals surface area contributed by atoms with E-state index in [0.717, 1.165) is 37.9 Å². The number of benzene rings is 1. The van der Waals surface area contributed by atoms with Gasteiger partial charge in [-0.2, -0.15) is 0 Å². The third-order valence-corrected chi connectivity index (χ3v) is 5.04. The number of imide groups is 1. The summed E-state index contributed by atoms with van der Waals surface area (Å²) >= 11 is 0. The van der Waals surface area contributed by atoms with Crippen LogP contribution in [0.3, 0.4) is 0 Å². The molecule has 1 aromatic carbocycles. The summed E-state index contributed by atoms with van der Waals surface area (Å²) in [5.74, 6) is 0.331. The summed E-state index contributed by atoms with van der Waals surface area (Å²) in [5.41, 5.74) is 2.01. The molecule has 0 aliphatic carbocycles. The van der Waals surface area contributed by atoms with E-state index in [4.69, 9.17) is 0 Å². The highest BCUT2D eigenvalue weighted by Crippen LogP contribution is 2.28. The molecular formula is C19H26N4O3. The van der Waals surface area contributed by atoms with Crippen LogP contribution in [0.25, 0.3) is 0 Å². The number of carbonyl (C=O) groups is 3. The van der Waals surface area contributed by atoms with Gasteiger partial charge < -0.3 is 16.0 Å². The van der Waals surface area contributed by atoms with Crippen molar-refractivity contribution >= 4 is 29.2 Å². The first kappa shape index (κ1) is 18.4. The van der Waals surface area contributed by atoms with Gasteiger partial charge in [-0.1, -0.05) is 0 Å². The Morgan fingerprint density at radius 2 is 1.88 bits per heavy atom. The van der Waals surface area contributed by atoms with Crippen LogP contribution in [0.15, 0.2) is 18.2 Å². The van der Waals surface area contributed by atoms with Gasteiger partial charge in [0.2, 0.25) is 11.8 Å². The van der Waals surface area contributed by atoms with Gasteiger partial charge in [-0.25, -0.2) is 4.79 Å². The molecule has 2 aliphatic heterocycles. The molecule has 2 fully saturated rings. The van der Waals surface area contributed by atoms with Crippen molar-refractivity contribution in [3.63, 3.8) is 0 Å². The van der Waals surface area contributed by atoms with Gasteiger partial charge in [0.1, 0.15) is 0 Å². The molecule has 3 N–H and O–H groups in total. The topological polar surface area (TPSA) is 90.5 Å². The summed E-state index contributed by atoms with van der Waals surface area (Å²) in [6.07, 6.45) is 3.84. The average Bonchev–Trinajstić information content (AvgIpc) is 2.95. The number of hydrogen-bond donors (Lipinski definition) is 3. The number of aryl methyl sites for hydroxylation is 1. The van der Waals surface area contributed by atoms with Crippen molar-refractivity contribution in [1.82, 2.24) is 10.6 Å². The lowest BCUT2D eigenvalue weighted by molar-refractivity contribution is -0.121. The highest BCUT2D eigenvalue weighted by atomic mass is 16.2. The second-order valence-electron chi connectivity index (χ2n) is 6.99. The van der Waals surface area contributed by atoms with Crippen LogP contribution in [0, 0.1) is 12.8 Å². The van der Waals surface area contributed by atoms with Crippen LogP contribution in [0.2, 0.25) is 0 Å². The summed E-state index contributed by atoms with van der Waals surface area (Å²) in [4.78, 5) is 37.0. The van der Waals surface area contributed by atoms with E-state index in [1.54, 1.807) is 18.2 Å². The number of hydrogen-bond acceptors (Lipinski definition) is 4. The molecule has 140 valence electrons. The number of carbonyl (C=O) groups excluding carboxylic acids is 3. The quantitative estimate of drug-likeness (QED) is 0.704. The van der Waals surface area contributed by atoms with Crippen LogP contribution >= 0.6 is 0 Å². The van der Waals surface area contributed by atoms with Crippen LogP contribution < -0.4 is 20.9 Å². The maximum atomic E-state index is 12.1. The molecule has 2 saturated heterocycles. The lowest BCUT2D eigenvalue weighted by Crippen LogP contribution is -2.33. The largest absolute Gasteiger partial charge is 0.338 e. The molecule has 2 heterocycles. The predicted octanol–water partition coefficient (Wildman–Crippen LogP) is 2.16. The van der Waals surface area contributed by atoms with Crippen LogP contribution in [-0.2, 0) is 9.59 Å². The molecule has 1 aromatic rings. The van der Waals surface area contributed by atoms with Gasteiger partial charge in [0.05, 0.1) is 5.69 Å². The highest BCUT2D eigenvalue weighted by Gasteiger charge is 2.31. The molecule has 0 radical (unpaired) electrons.